The maximum atomic E-state index is 4.97. The van der Waals surface area contributed by atoms with Crippen LogP contribution in [0.3, 0.4) is 0 Å². The molecule has 0 aromatic rings. The molecule has 2 nitrogen and oxygen atoms in total. The number of ether oxygens (including phenoxy) is 1. The number of nitrogens with one attached hydrogen (secondary N) is 1. The second-order valence-electron chi connectivity index (χ2n) is 3.56. The Hall–Kier alpha value is -0.0800. The van der Waals surface area contributed by atoms with Gasteiger partial charge in [0.15, 0.2) is 0 Å². The zero-order chi connectivity index (χ0) is 8.10. The smallest absolute Gasteiger partial charge is 0.0587 e. The monoisotopic (exact) mass is 157 g/mol. The quantitative estimate of drug-likeness (QED) is 0.623. The summed E-state index contributed by atoms with van der Waals surface area (Å²) in [4.78, 5) is 0. The second kappa shape index (κ2) is 4.73. The Bertz CT molecular complexity index is 106. The first-order valence-corrected chi connectivity index (χ1v) is 4.55. The van der Waals surface area contributed by atoms with Crippen molar-refractivity contribution in [2.24, 2.45) is 5.92 Å². The number of rotatable bonds is 4. The predicted molar refractivity (Wildman–Crippen MR) is 46.7 cm³/mol. The highest BCUT2D eigenvalue weighted by atomic mass is 16.5. The van der Waals surface area contributed by atoms with Gasteiger partial charge in [0.05, 0.1) is 6.61 Å². The third kappa shape index (κ3) is 3.21. The molecule has 0 bridgehead atoms. The molecular formula is C9H19NO. The molecule has 0 aromatic heterocycles. The van der Waals surface area contributed by atoms with Crippen LogP contribution in [0.2, 0.25) is 0 Å². The zero-order valence-corrected chi connectivity index (χ0v) is 7.60. The van der Waals surface area contributed by atoms with E-state index >= 15 is 0 Å². The second-order valence-corrected chi connectivity index (χ2v) is 3.56. The van der Waals surface area contributed by atoms with Gasteiger partial charge in [-0.3, -0.25) is 0 Å². The van der Waals surface area contributed by atoms with E-state index < -0.39 is 0 Å². The van der Waals surface area contributed by atoms with Gasteiger partial charge in [-0.15, -0.1) is 0 Å². The molecule has 0 unspecified atom stereocenters. The molecule has 0 heterocycles. The Balaban J connectivity index is 1.99. The summed E-state index contributed by atoms with van der Waals surface area (Å²) < 4.78 is 4.97. The lowest BCUT2D eigenvalue weighted by molar-refractivity contribution is 0.195. The van der Waals surface area contributed by atoms with Gasteiger partial charge < -0.3 is 10.1 Å². The average molecular weight is 157 g/mol. The zero-order valence-electron chi connectivity index (χ0n) is 7.60. The Kier molecular flexibility index (Phi) is 3.87. The minimum Gasteiger partial charge on any atom is -0.383 e. The largest absolute Gasteiger partial charge is 0.383 e. The highest BCUT2D eigenvalue weighted by Crippen LogP contribution is 2.24. The summed E-state index contributed by atoms with van der Waals surface area (Å²) in [6, 6.07) is 0.764. The molecule has 2 heteroatoms. The van der Waals surface area contributed by atoms with Gasteiger partial charge in [0, 0.05) is 19.7 Å². The molecule has 0 amide bonds. The van der Waals surface area contributed by atoms with E-state index in [0.29, 0.717) is 0 Å². The standard InChI is InChI=1S/C9H19NO/c1-8-3-4-9(7-8)10-5-6-11-2/h8-10H,3-7H2,1-2H3/t8-,9+/m1/s1. The van der Waals surface area contributed by atoms with Crippen molar-refractivity contribution in [3.63, 3.8) is 0 Å². The molecule has 0 aromatic carbocycles. The minimum atomic E-state index is 0.764. The van der Waals surface area contributed by atoms with Crippen LogP contribution in [-0.2, 0) is 4.74 Å². The van der Waals surface area contributed by atoms with Crippen molar-refractivity contribution in [2.75, 3.05) is 20.3 Å². The van der Waals surface area contributed by atoms with E-state index in [-0.39, 0.29) is 0 Å². The summed E-state index contributed by atoms with van der Waals surface area (Å²) in [6.45, 7) is 4.18. The molecule has 1 aliphatic rings. The van der Waals surface area contributed by atoms with Crippen LogP contribution in [-0.4, -0.2) is 26.3 Å². The van der Waals surface area contributed by atoms with Crippen molar-refractivity contribution in [1.29, 1.82) is 0 Å². The lowest BCUT2D eigenvalue weighted by atomic mass is 10.1. The van der Waals surface area contributed by atoms with Gasteiger partial charge in [-0.05, 0) is 25.2 Å². The fourth-order valence-corrected chi connectivity index (χ4v) is 1.76. The van der Waals surface area contributed by atoms with Gasteiger partial charge in [0.2, 0.25) is 0 Å². The van der Waals surface area contributed by atoms with E-state index in [1.807, 2.05) is 0 Å². The van der Waals surface area contributed by atoms with Crippen molar-refractivity contribution < 1.29 is 4.74 Å². The summed E-state index contributed by atoms with van der Waals surface area (Å²) >= 11 is 0. The lowest BCUT2D eigenvalue weighted by Gasteiger charge is -2.10. The molecule has 2 atom stereocenters. The van der Waals surface area contributed by atoms with Gasteiger partial charge in [0.1, 0.15) is 0 Å². The number of methoxy groups -OCH3 is 1. The van der Waals surface area contributed by atoms with E-state index in [0.717, 1.165) is 25.1 Å². The summed E-state index contributed by atoms with van der Waals surface area (Å²) in [5, 5.41) is 3.49. The van der Waals surface area contributed by atoms with Crippen molar-refractivity contribution in [3.8, 4) is 0 Å². The summed E-state index contributed by atoms with van der Waals surface area (Å²) in [7, 11) is 1.75. The van der Waals surface area contributed by atoms with E-state index in [1.54, 1.807) is 7.11 Å². The molecule has 0 radical (unpaired) electrons. The van der Waals surface area contributed by atoms with E-state index in [1.165, 1.54) is 19.3 Å². The Morgan fingerprint density at radius 1 is 1.45 bits per heavy atom. The van der Waals surface area contributed by atoms with Crippen molar-refractivity contribution >= 4 is 0 Å². The van der Waals surface area contributed by atoms with Gasteiger partial charge >= 0.3 is 0 Å². The molecule has 1 aliphatic carbocycles. The van der Waals surface area contributed by atoms with Crippen molar-refractivity contribution in [1.82, 2.24) is 5.32 Å². The first kappa shape index (κ1) is 9.01. The maximum absolute atomic E-state index is 4.97. The fraction of sp³-hybridized carbons (Fsp3) is 1.00. The molecule has 66 valence electrons. The molecular weight excluding hydrogens is 138 g/mol. The van der Waals surface area contributed by atoms with Crippen LogP contribution in [0.25, 0.3) is 0 Å². The van der Waals surface area contributed by atoms with Crippen LogP contribution >= 0.6 is 0 Å². The van der Waals surface area contributed by atoms with Gasteiger partial charge in [0.25, 0.3) is 0 Å². The van der Waals surface area contributed by atoms with Crippen LogP contribution in [0.1, 0.15) is 26.2 Å². The first-order chi connectivity index (χ1) is 5.33. The molecule has 1 rings (SSSR count). The van der Waals surface area contributed by atoms with Gasteiger partial charge in [-0.1, -0.05) is 6.92 Å². The SMILES string of the molecule is COCCN[C@H]1CC[C@@H](C)C1. The minimum absolute atomic E-state index is 0.764. The Labute approximate surface area is 69.3 Å². The van der Waals surface area contributed by atoms with Crippen molar-refractivity contribution in [3.05, 3.63) is 0 Å². The van der Waals surface area contributed by atoms with Crippen molar-refractivity contribution in [2.45, 2.75) is 32.2 Å². The number of hydrogen-bond acceptors (Lipinski definition) is 2. The van der Waals surface area contributed by atoms with E-state index in [9.17, 15) is 0 Å². The average Bonchev–Trinajstić information content (AvgIpc) is 2.37. The Morgan fingerprint density at radius 2 is 2.27 bits per heavy atom. The summed E-state index contributed by atoms with van der Waals surface area (Å²) in [6.07, 6.45) is 4.10. The van der Waals surface area contributed by atoms with E-state index in [2.05, 4.69) is 12.2 Å². The highest BCUT2D eigenvalue weighted by Gasteiger charge is 2.19. The maximum Gasteiger partial charge on any atom is 0.0587 e. The normalized spacial score (nSPS) is 31.1. The lowest BCUT2D eigenvalue weighted by Crippen LogP contribution is -2.29. The molecule has 0 saturated heterocycles. The predicted octanol–water partition coefficient (Wildman–Crippen LogP) is 1.41. The number of hydrogen-bond donors (Lipinski definition) is 1. The van der Waals surface area contributed by atoms with E-state index in [4.69, 9.17) is 4.74 Å². The molecule has 0 aliphatic heterocycles. The molecule has 0 spiro atoms. The molecule has 1 saturated carbocycles. The van der Waals surface area contributed by atoms with Crippen LogP contribution < -0.4 is 5.32 Å². The van der Waals surface area contributed by atoms with Crippen LogP contribution in [0.5, 0.6) is 0 Å². The van der Waals surface area contributed by atoms with Crippen LogP contribution in [0, 0.1) is 5.92 Å². The van der Waals surface area contributed by atoms with Gasteiger partial charge in [-0.25, -0.2) is 0 Å². The Morgan fingerprint density at radius 3 is 2.82 bits per heavy atom. The summed E-state index contributed by atoms with van der Waals surface area (Å²) in [5.41, 5.74) is 0. The topological polar surface area (TPSA) is 21.3 Å². The third-order valence-corrected chi connectivity index (χ3v) is 2.43. The molecule has 1 fully saturated rings. The van der Waals surface area contributed by atoms with Crippen LogP contribution in [0.15, 0.2) is 0 Å². The van der Waals surface area contributed by atoms with Gasteiger partial charge in [-0.2, -0.15) is 0 Å². The first-order valence-electron chi connectivity index (χ1n) is 4.55. The van der Waals surface area contributed by atoms with Crippen LogP contribution in [0.4, 0.5) is 0 Å². The fourth-order valence-electron chi connectivity index (χ4n) is 1.76. The molecule has 1 N–H and O–H groups in total. The summed E-state index contributed by atoms with van der Waals surface area (Å²) in [5.74, 6) is 0.926. The third-order valence-electron chi connectivity index (χ3n) is 2.43. The highest BCUT2D eigenvalue weighted by molar-refractivity contribution is 4.77. The molecule has 11 heavy (non-hydrogen) atoms.